The molecule has 0 bridgehead atoms. The zero-order valence-corrected chi connectivity index (χ0v) is 12.4. The smallest absolute Gasteiger partial charge is 0.257 e. The fraction of sp³-hybridized carbons (Fsp3) is 0.385. The van der Waals surface area contributed by atoms with Gasteiger partial charge in [-0.3, -0.25) is 9.59 Å². The summed E-state index contributed by atoms with van der Waals surface area (Å²) in [4.78, 5) is 24.9. The monoisotopic (exact) mass is 344 g/mol. The molecule has 0 unspecified atom stereocenters. The molecule has 1 heterocycles. The van der Waals surface area contributed by atoms with Crippen LogP contribution in [-0.4, -0.2) is 42.0 Å². The Morgan fingerprint density at radius 2 is 2.15 bits per heavy atom. The minimum atomic E-state index is -0.860. The second-order valence-corrected chi connectivity index (χ2v) is 5.59. The minimum absolute atomic E-state index is 0.0357. The quantitative estimate of drug-likeness (QED) is 0.878. The van der Waals surface area contributed by atoms with E-state index in [0.717, 1.165) is 0 Å². The number of hydrogen-bond acceptors (Lipinski definition) is 3. The summed E-state index contributed by atoms with van der Waals surface area (Å²) in [5.74, 6) is -1.72. The van der Waals surface area contributed by atoms with E-state index in [2.05, 4.69) is 15.9 Å². The van der Waals surface area contributed by atoms with E-state index in [-0.39, 0.29) is 24.8 Å². The van der Waals surface area contributed by atoms with Gasteiger partial charge in [0.2, 0.25) is 5.91 Å². The summed E-state index contributed by atoms with van der Waals surface area (Å²) in [7, 11) is 0. The van der Waals surface area contributed by atoms with Crippen LogP contribution in [0.5, 0.6) is 0 Å². The molecule has 0 aliphatic carbocycles. The van der Waals surface area contributed by atoms with Gasteiger partial charge in [-0.15, -0.1) is 0 Å². The lowest BCUT2D eigenvalue weighted by Gasteiger charge is -2.35. The van der Waals surface area contributed by atoms with Gasteiger partial charge in [0.25, 0.3) is 5.91 Å². The molecular weight excluding hydrogens is 331 g/mol. The van der Waals surface area contributed by atoms with Crippen molar-refractivity contribution in [2.24, 2.45) is 5.73 Å². The van der Waals surface area contributed by atoms with E-state index in [1.165, 1.54) is 17.0 Å². The lowest BCUT2D eigenvalue weighted by molar-refractivity contribution is -0.140. The van der Waals surface area contributed by atoms with E-state index < -0.39 is 23.7 Å². The first-order valence-corrected chi connectivity index (χ1v) is 6.87. The number of ether oxygens (including phenoxy) is 1. The molecule has 2 atom stereocenters. The molecule has 2 rings (SSSR count). The van der Waals surface area contributed by atoms with Crippen LogP contribution in [0.4, 0.5) is 4.39 Å². The summed E-state index contributed by atoms with van der Waals surface area (Å²) in [6.07, 6.45) is -1.19. The third-order valence-corrected chi connectivity index (χ3v) is 3.52. The zero-order chi connectivity index (χ0) is 14.9. The van der Waals surface area contributed by atoms with E-state index >= 15 is 0 Å². The van der Waals surface area contributed by atoms with Crippen LogP contribution in [0, 0.1) is 5.82 Å². The summed E-state index contributed by atoms with van der Waals surface area (Å²) < 4.78 is 19.7. The molecular formula is C13H14BrFN2O3. The van der Waals surface area contributed by atoms with Crippen molar-refractivity contribution in [3.8, 4) is 0 Å². The van der Waals surface area contributed by atoms with Gasteiger partial charge in [0, 0.05) is 11.0 Å². The topological polar surface area (TPSA) is 72.6 Å². The van der Waals surface area contributed by atoms with Crippen molar-refractivity contribution in [1.82, 2.24) is 4.90 Å². The van der Waals surface area contributed by atoms with Gasteiger partial charge >= 0.3 is 0 Å². The fourth-order valence-corrected chi connectivity index (χ4v) is 2.44. The van der Waals surface area contributed by atoms with Crippen LogP contribution in [0.1, 0.15) is 17.3 Å². The number of carbonyl (C=O) groups excluding carboxylic acids is 2. The Kier molecular flexibility index (Phi) is 4.39. The standard InChI is InChI=1S/C13H14BrFN2O3/c1-7-5-17(6-11(20-7)12(16)18)13(19)9-3-2-8(14)4-10(9)15/h2-4,7,11H,5-6H2,1H3,(H2,16,18)/t7-,11-/m1/s1. The van der Waals surface area contributed by atoms with E-state index in [1.54, 1.807) is 13.0 Å². The maximum absolute atomic E-state index is 13.8. The number of rotatable bonds is 2. The maximum atomic E-state index is 13.8. The number of nitrogens with zero attached hydrogens (tertiary/aromatic N) is 1. The normalized spacial score (nSPS) is 22.6. The number of amides is 2. The first kappa shape index (κ1) is 14.9. The van der Waals surface area contributed by atoms with Gasteiger partial charge in [0.05, 0.1) is 18.2 Å². The molecule has 1 fully saturated rings. The summed E-state index contributed by atoms with van der Waals surface area (Å²) in [5.41, 5.74) is 5.16. The van der Waals surface area contributed by atoms with Gasteiger partial charge in [-0.05, 0) is 25.1 Å². The minimum Gasteiger partial charge on any atom is -0.367 e. The molecule has 2 N–H and O–H groups in total. The molecule has 20 heavy (non-hydrogen) atoms. The number of nitrogens with two attached hydrogens (primary N) is 1. The average molecular weight is 345 g/mol. The van der Waals surface area contributed by atoms with Crippen LogP contribution >= 0.6 is 15.9 Å². The molecule has 108 valence electrons. The van der Waals surface area contributed by atoms with Crippen LogP contribution < -0.4 is 5.73 Å². The first-order valence-electron chi connectivity index (χ1n) is 6.07. The third-order valence-electron chi connectivity index (χ3n) is 3.03. The van der Waals surface area contributed by atoms with Crippen molar-refractivity contribution in [2.75, 3.05) is 13.1 Å². The lowest BCUT2D eigenvalue weighted by atomic mass is 10.1. The van der Waals surface area contributed by atoms with Crippen LogP contribution in [0.2, 0.25) is 0 Å². The zero-order valence-electron chi connectivity index (χ0n) is 10.8. The van der Waals surface area contributed by atoms with E-state index in [1.807, 2.05) is 0 Å². The van der Waals surface area contributed by atoms with Gasteiger partial charge < -0.3 is 15.4 Å². The van der Waals surface area contributed by atoms with Crippen molar-refractivity contribution in [1.29, 1.82) is 0 Å². The molecule has 1 aromatic carbocycles. The SMILES string of the molecule is C[C@@H]1CN(C(=O)c2ccc(Br)cc2F)C[C@H](C(N)=O)O1. The van der Waals surface area contributed by atoms with Gasteiger partial charge in [-0.1, -0.05) is 15.9 Å². The average Bonchev–Trinajstić information content (AvgIpc) is 2.37. The molecule has 7 heteroatoms. The molecule has 1 saturated heterocycles. The summed E-state index contributed by atoms with van der Waals surface area (Å²) in [5, 5.41) is 0. The number of morpholine rings is 1. The summed E-state index contributed by atoms with van der Waals surface area (Å²) in [6.45, 7) is 2.06. The summed E-state index contributed by atoms with van der Waals surface area (Å²) in [6, 6.07) is 4.22. The van der Waals surface area contributed by atoms with Crippen molar-refractivity contribution >= 4 is 27.7 Å². The Hall–Kier alpha value is -1.47. The van der Waals surface area contributed by atoms with Crippen molar-refractivity contribution < 1.29 is 18.7 Å². The number of benzene rings is 1. The number of hydrogen-bond donors (Lipinski definition) is 1. The predicted octanol–water partition coefficient (Wildman–Crippen LogP) is 1.30. The first-order chi connectivity index (χ1) is 9.38. The number of halogens is 2. The van der Waals surface area contributed by atoms with Gasteiger partial charge in [0.15, 0.2) is 6.10 Å². The molecule has 5 nitrogen and oxygen atoms in total. The molecule has 1 aliphatic rings. The molecule has 2 amide bonds. The van der Waals surface area contributed by atoms with E-state index in [0.29, 0.717) is 4.47 Å². The van der Waals surface area contributed by atoms with Gasteiger partial charge in [0.1, 0.15) is 5.82 Å². The van der Waals surface area contributed by atoms with Gasteiger partial charge in [-0.25, -0.2) is 4.39 Å². The molecule has 0 saturated carbocycles. The largest absolute Gasteiger partial charge is 0.367 e. The molecule has 1 aromatic rings. The van der Waals surface area contributed by atoms with E-state index in [9.17, 15) is 14.0 Å². The van der Waals surface area contributed by atoms with E-state index in [4.69, 9.17) is 10.5 Å². The Morgan fingerprint density at radius 3 is 2.75 bits per heavy atom. The Balaban J connectivity index is 2.21. The maximum Gasteiger partial charge on any atom is 0.257 e. The lowest BCUT2D eigenvalue weighted by Crippen LogP contribution is -2.53. The Bertz CT molecular complexity index is 552. The van der Waals surface area contributed by atoms with Crippen molar-refractivity contribution in [3.05, 3.63) is 34.1 Å². The highest BCUT2D eigenvalue weighted by Gasteiger charge is 2.32. The Labute approximate surface area is 124 Å². The van der Waals surface area contributed by atoms with Crippen LogP contribution in [-0.2, 0) is 9.53 Å². The fourth-order valence-electron chi connectivity index (χ4n) is 2.11. The van der Waals surface area contributed by atoms with Crippen molar-refractivity contribution in [3.63, 3.8) is 0 Å². The highest BCUT2D eigenvalue weighted by atomic mass is 79.9. The second-order valence-electron chi connectivity index (χ2n) is 4.67. The van der Waals surface area contributed by atoms with Crippen LogP contribution in [0.15, 0.2) is 22.7 Å². The summed E-state index contributed by atoms with van der Waals surface area (Å²) >= 11 is 3.13. The molecule has 0 aromatic heterocycles. The van der Waals surface area contributed by atoms with Crippen molar-refractivity contribution in [2.45, 2.75) is 19.1 Å². The highest BCUT2D eigenvalue weighted by Crippen LogP contribution is 2.19. The highest BCUT2D eigenvalue weighted by molar-refractivity contribution is 9.10. The molecule has 1 aliphatic heterocycles. The number of carbonyl (C=O) groups is 2. The second kappa shape index (κ2) is 5.88. The molecule has 0 radical (unpaired) electrons. The van der Waals surface area contributed by atoms with Crippen LogP contribution in [0.3, 0.4) is 0 Å². The third kappa shape index (κ3) is 3.16. The van der Waals surface area contributed by atoms with Gasteiger partial charge in [-0.2, -0.15) is 0 Å². The van der Waals surface area contributed by atoms with Crippen LogP contribution in [0.25, 0.3) is 0 Å². The molecule has 0 spiro atoms. The Morgan fingerprint density at radius 1 is 1.45 bits per heavy atom. The predicted molar refractivity (Wildman–Crippen MR) is 73.5 cm³/mol. The number of primary amides is 1.